The maximum absolute atomic E-state index is 10.8. The number of rotatable bonds is 2. The zero-order chi connectivity index (χ0) is 14.1. The number of hydrogen-bond acceptors (Lipinski definition) is 2. The quantitative estimate of drug-likeness (QED) is 0.853. The fourth-order valence-electron chi connectivity index (χ4n) is 2.91. The lowest BCUT2D eigenvalue weighted by molar-refractivity contribution is 0.134. The summed E-state index contributed by atoms with van der Waals surface area (Å²) in [4.78, 5) is 4.48. The number of pyridine rings is 1. The number of nitrogens with zero attached hydrogens (tertiary/aromatic N) is 1. The standard InChI is InChI=1S/C16H15BrClNO/c17-11-6-7-14(18)13(9-11)16(20)12-5-1-3-10-4-2-8-19-15(10)12/h2,4,6-9,12,16,20H,1,3,5H2. The van der Waals surface area contributed by atoms with E-state index in [9.17, 15) is 5.11 Å². The molecule has 1 aliphatic rings. The van der Waals surface area contributed by atoms with Crippen molar-refractivity contribution in [1.29, 1.82) is 0 Å². The molecular weight excluding hydrogens is 338 g/mol. The molecule has 0 aliphatic heterocycles. The molecule has 2 atom stereocenters. The Morgan fingerprint density at radius 2 is 2.20 bits per heavy atom. The first-order valence-electron chi connectivity index (χ1n) is 6.73. The lowest BCUT2D eigenvalue weighted by Gasteiger charge is -2.29. The monoisotopic (exact) mass is 351 g/mol. The molecular formula is C16H15BrClNO. The van der Waals surface area contributed by atoms with Crippen LogP contribution >= 0.6 is 27.5 Å². The van der Waals surface area contributed by atoms with Crippen molar-refractivity contribution in [3.63, 3.8) is 0 Å². The van der Waals surface area contributed by atoms with Gasteiger partial charge in [0.2, 0.25) is 0 Å². The maximum atomic E-state index is 10.8. The van der Waals surface area contributed by atoms with E-state index in [1.807, 2.05) is 24.3 Å². The van der Waals surface area contributed by atoms with Gasteiger partial charge >= 0.3 is 0 Å². The number of halogens is 2. The first-order chi connectivity index (χ1) is 9.66. The first-order valence-corrected chi connectivity index (χ1v) is 7.90. The van der Waals surface area contributed by atoms with E-state index in [0.717, 1.165) is 35.0 Å². The number of hydrogen-bond donors (Lipinski definition) is 1. The van der Waals surface area contributed by atoms with Crippen LogP contribution in [0.25, 0.3) is 0 Å². The summed E-state index contributed by atoms with van der Waals surface area (Å²) in [5.41, 5.74) is 3.03. The van der Waals surface area contributed by atoms with Crippen LogP contribution in [0.15, 0.2) is 41.0 Å². The Morgan fingerprint density at radius 1 is 1.35 bits per heavy atom. The summed E-state index contributed by atoms with van der Waals surface area (Å²) in [6.45, 7) is 0. The predicted molar refractivity (Wildman–Crippen MR) is 84.0 cm³/mol. The molecule has 0 bridgehead atoms. The third kappa shape index (κ3) is 2.62. The van der Waals surface area contributed by atoms with E-state index in [4.69, 9.17) is 11.6 Å². The van der Waals surface area contributed by atoms with Crippen molar-refractivity contribution in [2.24, 2.45) is 0 Å². The number of aromatic nitrogens is 1. The maximum Gasteiger partial charge on any atom is 0.0888 e. The molecule has 2 unspecified atom stereocenters. The van der Waals surface area contributed by atoms with Gasteiger partial charge in [-0.25, -0.2) is 0 Å². The van der Waals surface area contributed by atoms with Crippen LogP contribution in [-0.4, -0.2) is 10.1 Å². The van der Waals surface area contributed by atoms with Gasteiger partial charge in [0.1, 0.15) is 0 Å². The van der Waals surface area contributed by atoms with E-state index < -0.39 is 6.10 Å². The van der Waals surface area contributed by atoms with Crippen molar-refractivity contribution in [3.05, 3.63) is 62.8 Å². The van der Waals surface area contributed by atoms with Crippen LogP contribution in [-0.2, 0) is 6.42 Å². The highest BCUT2D eigenvalue weighted by Gasteiger charge is 2.29. The molecule has 4 heteroatoms. The minimum atomic E-state index is -0.617. The molecule has 1 aromatic heterocycles. The summed E-state index contributed by atoms with van der Waals surface area (Å²) in [6, 6.07) is 9.64. The van der Waals surface area contributed by atoms with Crippen molar-refractivity contribution >= 4 is 27.5 Å². The second-order valence-corrected chi connectivity index (χ2v) is 6.48. The van der Waals surface area contributed by atoms with Gasteiger partial charge in [0.25, 0.3) is 0 Å². The van der Waals surface area contributed by atoms with Gasteiger partial charge in [-0.05, 0) is 49.1 Å². The van der Waals surface area contributed by atoms with Crippen molar-refractivity contribution < 1.29 is 5.11 Å². The van der Waals surface area contributed by atoms with Crippen LogP contribution in [0.5, 0.6) is 0 Å². The van der Waals surface area contributed by atoms with Crippen LogP contribution in [0, 0.1) is 0 Å². The second-order valence-electron chi connectivity index (χ2n) is 5.16. The molecule has 0 spiro atoms. The Labute approximate surface area is 131 Å². The average molecular weight is 353 g/mol. The third-order valence-corrected chi connectivity index (χ3v) is 4.73. The average Bonchev–Trinajstić information content (AvgIpc) is 2.48. The largest absolute Gasteiger partial charge is 0.388 e. The molecule has 1 aromatic carbocycles. The molecule has 0 fully saturated rings. The number of aliphatic hydroxyl groups excluding tert-OH is 1. The number of fused-ring (bicyclic) bond motifs is 1. The van der Waals surface area contributed by atoms with Crippen LogP contribution in [0.1, 0.15) is 41.7 Å². The normalized spacial score (nSPS) is 19.4. The lowest BCUT2D eigenvalue weighted by atomic mass is 9.81. The Hall–Kier alpha value is -0.900. The summed E-state index contributed by atoms with van der Waals surface area (Å²) in [5.74, 6) is 0.0201. The molecule has 0 saturated heterocycles. The Kier molecular flexibility index (Phi) is 4.11. The smallest absolute Gasteiger partial charge is 0.0888 e. The highest BCUT2D eigenvalue weighted by Crippen LogP contribution is 2.41. The number of benzene rings is 1. The van der Waals surface area contributed by atoms with Crippen LogP contribution in [0.2, 0.25) is 5.02 Å². The van der Waals surface area contributed by atoms with Crippen molar-refractivity contribution in [2.45, 2.75) is 31.3 Å². The van der Waals surface area contributed by atoms with Gasteiger partial charge in [0.15, 0.2) is 0 Å². The second kappa shape index (κ2) is 5.84. The van der Waals surface area contributed by atoms with Gasteiger partial charge in [-0.1, -0.05) is 33.6 Å². The van der Waals surface area contributed by atoms with Crippen LogP contribution in [0.3, 0.4) is 0 Å². The van der Waals surface area contributed by atoms with E-state index >= 15 is 0 Å². The van der Waals surface area contributed by atoms with Gasteiger partial charge in [0, 0.05) is 32.9 Å². The molecule has 1 aliphatic carbocycles. The zero-order valence-electron chi connectivity index (χ0n) is 10.9. The number of aliphatic hydroxyl groups is 1. The van der Waals surface area contributed by atoms with Gasteiger partial charge in [-0.15, -0.1) is 0 Å². The summed E-state index contributed by atoms with van der Waals surface area (Å²) in [5, 5.41) is 11.4. The van der Waals surface area contributed by atoms with Crippen molar-refractivity contribution in [1.82, 2.24) is 4.98 Å². The van der Waals surface area contributed by atoms with E-state index in [1.54, 1.807) is 6.20 Å². The van der Waals surface area contributed by atoms with Crippen molar-refractivity contribution in [2.75, 3.05) is 0 Å². The Balaban J connectivity index is 1.99. The lowest BCUT2D eigenvalue weighted by Crippen LogP contribution is -2.18. The van der Waals surface area contributed by atoms with Crippen molar-refractivity contribution in [3.8, 4) is 0 Å². The summed E-state index contributed by atoms with van der Waals surface area (Å²) in [6.07, 6.45) is 4.24. The molecule has 20 heavy (non-hydrogen) atoms. The summed E-state index contributed by atoms with van der Waals surface area (Å²) in [7, 11) is 0. The van der Waals surface area contributed by atoms with Crippen LogP contribution < -0.4 is 0 Å². The molecule has 1 heterocycles. The highest BCUT2D eigenvalue weighted by atomic mass is 79.9. The highest BCUT2D eigenvalue weighted by molar-refractivity contribution is 9.10. The van der Waals surface area contributed by atoms with E-state index in [0.29, 0.717) is 5.02 Å². The van der Waals surface area contributed by atoms with E-state index in [-0.39, 0.29) is 5.92 Å². The van der Waals surface area contributed by atoms with Gasteiger partial charge < -0.3 is 5.11 Å². The fraction of sp³-hybridized carbons (Fsp3) is 0.312. The molecule has 104 valence electrons. The summed E-state index contributed by atoms with van der Waals surface area (Å²) >= 11 is 9.67. The minimum Gasteiger partial charge on any atom is -0.388 e. The molecule has 0 radical (unpaired) electrons. The molecule has 1 N–H and O–H groups in total. The van der Waals surface area contributed by atoms with Gasteiger partial charge in [-0.2, -0.15) is 0 Å². The first kappa shape index (κ1) is 14.1. The molecule has 0 saturated carbocycles. The molecule has 2 aromatic rings. The minimum absolute atomic E-state index is 0.0201. The number of aryl methyl sites for hydroxylation is 1. The van der Waals surface area contributed by atoms with Gasteiger partial charge in [0.05, 0.1) is 6.10 Å². The Morgan fingerprint density at radius 3 is 3.05 bits per heavy atom. The van der Waals surface area contributed by atoms with Crippen LogP contribution in [0.4, 0.5) is 0 Å². The van der Waals surface area contributed by atoms with E-state index in [1.165, 1.54) is 5.56 Å². The Bertz CT molecular complexity index is 632. The topological polar surface area (TPSA) is 33.1 Å². The summed E-state index contributed by atoms with van der Waals surface area (Å²) < 4.78 is 0.924. The predicted octanol–water partition coefficient (Wildman–Crippen LogP) is 4.65. The fourth-order valence-corrected chi connectivity index (χ4v) is 3.52. The zero-order valence-corrected chi connectivity index (χ0v) is 13.2. The SMILES string of the molecule is OC(c1cc(Br)ccc1Cl)C1CCCc2cccnc21. The molecule has 2 nitrogen and oxygen atoms in total. The third-order valence-electron chi connectivity index (χ3n) is 3.90. The van der Waals surface area contributed by atoms with Gasteiger partial charge in [-0.3, -0.25) is 4.98 Å². The molecule has 3 rings (SSSR count). The van der Waals surface area contributed by atoms with E-state index in [2.05, 4.69) is 27.0 Å². The molecule has 0 amide bonds.